The largest absolute Gasteiger partial charge is 0.324 e. The van der Waals surface area contributed by atoms with Crippen LogP contribution in [0.15, 0.2) is 48.0 Å². The minimum atomic E-state index is 0.574. The van der Waals surface area contributed by atoms with Crippen LogP contribution in [0.3, 0.4) is 0 Å². The van der Waals surface area contributed by atoms with Gasteiger partial charge in [0, 0.05) is 18.1 Å². The van der Waals surface area contributed by atoms with E-state index in [4.69, 9.17) is 0 Å². The molecule has 1 heteroatoms. The Morgan fingerprint density at radius 3 is 2.00 bits per heavy atom. The van der Waals surface area contributed by atoms with E-state index in [2.05, 4.69) is 72.0 Å². The molecule has 1 aliphatic rings. The molecule has 1 atom stereocenters. The number of nitrogens with zero attached hydrogens (tertiary/aromatic N) is 1. The van der Waals surface area contributed by atoms with E-state index in [0.717, 1.165) is 5.70 Å². The average molecular weight is 273 g/mol. The van der Waals surface area contributed by atoms with Gasteiger partial charge in [-0.1, -0.05) is 45.1 Å². The lowest BCUT2D eigenvalue weighted by Crippen LogP contribution is -2.15. The summed E-state index contributed by atoms with van der Waals surface area (Å²) >= 11 is 0. The maximum Gasteiger partial charge on any atom is 0.0406 e. The van der Waals surface area contributed by atoms with Crippen molar-refractivity contribution >= 4 is 0 Å². The van der Waals surface area contributed by atoms with Crippen LogP contribution in [-0.4, -0.2) is 4.90 Å². The summed E-state index contributed by atoms with van der Waals surface area (Å²) in [5.74, 6) is 1.89. The molecule has 0 bridgehead atoms. The van der Waals surface area contributed by atoms with E-state index < -0.39 is 0 Å². The van der Waals surface area contributed by atoms with Gasteiger partial charge in [0.15, 0.2) is 0 Å². The Labute approximate surface area is 125 Å². The van der Waals surface area contributed by atoms with E-state index in [1.807, 2.05) is 0 Å². The van der Waals surface area contributed by atoms with Crippen molar-refractivity contribution < 1.29 is 0 Å². The minimum Gasteiger partial charge on any atom is -0.324 e. The molecule has 0 heterocycles. The normalized spacial score (nSPS) is 16.9. The molecule has 0 aromatic carbocycles. The molecule has 0 aromatic rings. The molecule has 1 aliphatic carbocycles. The van der Waals surface area contributed by atoms with Gasteiger partial charge in [0.1, 0.15) is 0 Å². The van der Waals surface area contributed by atoms with Gasteiger partial charge in [0.05, 0.1) is 0 Å². The van der Waals surface area contributed by atoms with E-state index in [0.29, 0.717) is 17.8 Å². The predicted octanol–water partition coefficient (Wildman–Crippen LogP) is 5.89. The Kier molecular flexibility index (Phi) is 5.86. The SMILES string of the molecule is C=C(C(=C)N(C=C(C)C)/C=C(/C)[C@H](C)C(C)C)C1CC1. The molecular weight excluding hydrogens is 242 g/mol. The van der Waals surface area contributed by atoms with Gasteiger partial charge in [0.25, 0.3) is 0 Å². The first-order valence-corrected chi connectivity index (χ1v) is 7.73. The van der Waals surface area contributed by atoms with Crippen LogP contribution in [0.25, 0.3) is 0 Å². The number of rotatable bonds is 7. The molecule has 0 spiro atoms. The standard InChI is InChI=1S/C19H31N/c1-13(2)11-20(12-15(5)16(6)14(3)4)18(8)17(7)19-9-10-19/h11-12,14,16,19H,7-10H2,1-6H3/b15-12-/t16-/m1/s1. The first-order valence-electron chi connectivity index (χ1n) is 7.73. The Morgan fingerprint density at radius 1 is 1.05 bits per heavy atom. The van der Waals surface area contributed by atoms with Crippen molar-refractivity contribution in [3.63, 3.8) is 0 Å². The monoisotopic (exact) mass is 273 g/mol. The lowest BCUT2D eigenvalue weighted by atomic mass is 9.91. The van der Waals surface area contributed by atoms with E-state index in [-0.39, 0.29) is 0 Å². The second kappa shape index (κ2) is 6.97. The first-order chi connectivity index (χ1) is 9.23. The van der Waals surface area contributed by atoms with E-state index in [1.165, 1.54) is 29.6 Å². The van der Waals surface area contributed by atoms with Crippen LogP contribution in [0.5, 0.6) is 0 Å². The van der Waals surface area contributed by atoms with Crippen molar-refractivity contribution in [2.24, 2.45) is 17.8 Å². The highest BCUT2D eigenvalue weighted by atomic mass is 15.1. The van der Waals surface area contributed by atoms with Gasteiger partial charge in [0.2, 0.25) is 0 Å². The van der Waals surface area contributed by atoms with Crippen molar-refractivity contribution in [3.05, 3.63) is 48.0 Å². The summed E-state index contributed by atoms with van der Waals surface area (Å²) in [6.45, 7) is 21.8. The summed E-state index contributed by atoms with van der Waals surface area (Å²) in [5, 5.41) is 0. The van der Waals surface area contributed by atoms with E-state index >= 15 is 0 Å². The maximum atomic E-state index is 4.26. The van der Waals surface area contributed by atoms with Crippen molar-refractivity contribution in [1.82, 2.24) is 4.90 Å². The zero-order valence-corrected chi connectivity index (χ0v) is 14.2. The van der Waals surface area contributed by atoms with Crippen LogP contribution < -0.4 is 0 Å². The molecule has 0 aliphatic heterocycles. The number of hydrogen-bond donors (Lipinski definition) is 0. The van der Waals surface area contributed by atoms with Crippen molar-refractivity contribution in [2.45, 2.75) is 54.4 Å². The summed E-state index contributed by atoms with van der Waals surface area (Å²) in [6.07, 6.45) is 6.93. The molecule has 0 aromatic heterocycles. The summed E-state index contributed by atoms with van der Waals surface area (Å²) in [5.41, 5.74) is 4.91. The molecule has 0 radical (unpaired) electrons. The smallest absolute Gasteiger partial charge is 0.0406 e. The molecule has 0 unspecified atom stereocenters. The third-order valence-electron chi connectivity index (χ3n) is 4.21. The van der Waals surface area contributed by atoms with Crippen LogP contribution in [0.1, 0.15) is 54.4 Å². The molecule has 0 saturated heterocycles. The highest BCUT2D eigenvalue weighted by Gasteiger charge is 2.27. The molecule has 1 nitrogen and oxygen atoms in total. The lowest BCUT2D eigenvalue weighted by Gasteiger charge is -2.25. The van der Waals surface area contributed by atoms with Crippen molar-refractivity contribution in [2.75, 3.05) is 0 Å². The Bertz CT molecular complexity index is 429. The van der Waals surface area contributed by atoms with Gasteiger partial charge >= 0.3 is 0 Å². The highest BCUT2D eigenvalue weighted by Crippen LogP contribution is 2.39. The first kappa shape index (κ1) is 16.8. The second-order valence-electron chi connectivity index (χ2n) is 6.77. The number of allylic oxidation sites excluding steroid dienone is 3. The minimum absolute atomic E-state index is 0.574. The fourth-order valence-corrected chi connectivity index (χ4v) is 2.17. The van der Waals surface area contributed by atoms with Gasteiger partial charge in [-0.3, -0.25) is 0 Å². The van der Waals surface area contributed by atoms with E-state index in [9.17, 15) is 0 Å². The molecule has 1 rings (SSSR count). The zero-order chi connectivity index (χ0) is 15.4. The van der Waals surface area contributed by atoms with Gasteiger partial charge < -0.3 is 4.90 Å². The summed E-state index contributed by atoms with van der Waals surface area (Å²) < 4.78 is 0. The maximum absolute atomic E-state index is 4.26. The Hall–Kier alpha value is -1.24. The van der Waals surface area contributed by atoms with E-state index in [1.54, 1.807) is 0 Å². The van der Waals surface area contributed by atoms with Gasteiger partial charge in [-0.25, -0.2) is 0 Å². The van der Waals surface area contributed by atoms with Crippen molar-refractivity contribution in [1.29, 1.82) is 0 Å². The van der Waals surface area contributed by atoms with Gasteiger partial charge in [-0.15, -0.1) is 0 Å². The molecule has 0 amide bonds. The topological polar surface area (TPSA) is 3.24 Å². The summed E-state index contributed by atoms with van der Waals surface area (Å²) in [6, 6.07) is 0. The third kappa shape index (κ3) is 4.70. The molecular formula is C19H31N. The van der Waals surface area contributed by atoms with Crippen LogP contribution in [0.2, 0.25) is 0 Å². The van der Waals surface area contributed by atoms with Crippen LogP contribution in [0.4, 0.5) is 0 Å². The van der Waals surface area contributed by atoms with Crippen LogP contribution in [0, 0.1) is 17.8 Å². The number of hydrogen-bond acceptors (Lipinski definition) is 1. The highest BCUT2D eigenvalue weighted by molar-refractivity contribution is 5.33. The summed E-state index contributed by atoms with van der Waals surface area (Å²) in [7, 11) is 0. The lowest BCUT2D eigenvalue weighted by molar-refractivity contribution is 0.469. The van der Waals surface area contributed by atoms with Crippen LogP contribution >= 0.6 is 0 Å². The van der Waals surface area contributed by atoms with Crippen LogP contribution in [-0.2, 0) is 0 Å². The molecule has 1 saturated carbocycles. The predicted molar refractivity (Wildman–Crippen MR) is 90.0 cm³/mol. The fraction of sp³-hybridized carbons (Fsp3) is 0.579. The average Bonchev–Trinajstić information content (AvgIpc) is 3.18. The fourth-order valence-electron chi connectivity index (χ4n) is 2.17. The summed E-state index contributed by atoms with van der Waals surface area (Å²) in [4.78, 5) is 2.17. The molecule has 1 fully saturated rings. The Balaban J connectivity index is 2.94. The zero-order valence-electron chi connectivity index (χ0n) is 14.2. The van der Waals surface area contributed by atoms with Gasteiger partial charge in [-0.05, 0) is 56.9 Å². The van der Waals surface area contributed by atoms with Gasteiger partial charge in [-0.2, -0.15) is 0 Å². The Morgan fingerprint density at radius 2 is 1.60 bits per heavy atom. The quantitative estimate of drug-likeness (QED) is 0.523. The van der Waals surface area contributed by atoms with Crippen molar-refractivity contribution in [3.8, 4) is 0 Å². The molecule has 20 heavy (non-hydrogen) atoms. The molecule has 0 N–H and O–H groups in total. The second-order valence-corrected chi connectivity index (χ2v) is 6.77. The molecule has 112 valence electrons. The third-order valence-corrected chi connectivity index (χ3v) is 4.21.